The van der Waals surface area contributed by atoms with Crippen molar-refractivity contribution in [1.29, 1.82) is 0 Å². The van der Waals surface area contributed by atoms with Gasteiger partial charge in [0.2, 0.25) is 0 Å². The standard InChI is InChI=1S/C14H21FN4/c1-14(11-4-6-12(15)7-5-11)10-17-13(16)19(14)9-8-18(2)3/h4-7H,8-10H2,1-3H3,(H2,16,17). The van der Waals surface area contributed by atoms with Crippen LogP contribution in [0.2, 0.25) is 0 Å². The van der Waals surface area contributed by atoms with Gasteiger partial charge in [-0.1, -0.05) is 12.1 Å². The first-order valence-corrected chi connectivity index (χ1v) is 6.42. The summed E-state index contributed by atoms with van der Waals surface area (Å²) in [5, 5.41) is 0. The highest BCUT2D eigenvalue weighted by Gasteiger charge is 2.39. The lowest BCUT2D eigenvalue weighted by molar-refractivity contribution is 0.205. The fraction of sp³-hybridized carbons (Fsp3) is 0.500. The van der Waals surface area contributed by atoms with Gasteiger partial charge in [0.1, 0.15) is 5.82 Å². The van der Waals surface area contributed by atoms with E-state index in [2.05, 4.69) is 21.7 Å². The highest BCUT2D eigenvalue weighted by molar-refractivity contribution is 5.81. The molecular weight excluding hydrogens is 243 g/mol. The third-order valence-corrected chi connectivity index (χ3v) is 3.66. The number of aliphatic imine (C=N–C) groups is 1. The van der Waals surface area contributed by atoms with Crippen LogP contribution in [0, 0.1) is 5.82 Å². The van der Waals surface area contributed by atoms with Crippen LogP contribution in [-0.4, -0.2) is 49.5 Å². The molecule has 0 bridgehead atoms. The van der Waals surface area contributed by atoms with Gasteiger partial charge in [-0.25, -0.2) is 4.39 Å². The van der Waals surface area contributed by atoms with Crippen molar-refractivity contribution in [2.24, 2.45) is 10.7 Å². The maximum atomic E-state index is 13.1. The third-order valence-electron chi connectivity index (χ3n) is 3.66. The van der Waals surface area contributed by atoms with Gasteiger partial charge in [0, 0.05) is 13.1 Å². The van der Waals surface area contributed by atoms with Crippen LogP contribution < -0.4 is 5.73 Å². The van der Waals surface area contributed by atoms with Gasteiger partial charge in [-0.05, 0) is 38.7 Å². The molecule has 1 heterocycles. The first kappa shape index (κ1) is 13.8. The Morgan fingerprint density at radius 3 is 2.58 bits per heavy atom. The zero-order chi connectivity index (χ0) is 14.0. The molecule has 0 radical (unpaired) electrons. The minimum absolute atomic E-state index is 0.223. The fourth-order valence-electron chi connectivity index (χ4n) is 2.38. The van der Waals surface area contributed by atoms with Gasteiger partial charge < -0.3 is 15.5 Å². The second-order valence-corrected chi connectivity index (χ2v) is 5.41. The monoisotopic (exact) mass is 264 g/mol. The second-order valence-electron chi connectivity index (χ2n) is 5.41. The third kappa shape index (κ3) is 2.71. The second kappa shape index (κ2) is 5.17. The average Bonchev–Trinajstić information content (AvgIpc) is 2.65. The smallest absolute Gasteiger partial charge is 0.192 e. The zero-order valence-electron chi connectivity index (χ0n) is 11.7. The molecule has 1 aromatic rings. The molecule has 0 saturated carbocycles. The van der Waals surface area contributed by atoms with Crippen LogP contribution in [0.5, 0.6) is 0 Å². The molecule has 4 nitrogen and oxygen atoms in total. The number of hydrogen-bond donors (Lipinski definition) is 1. The van der Waals surface area contributed by atoms with E-state index in [0.29, 0.717) is 12.5 Å². The highest BCUT2D eigenvalue weighted by Crippen LogP contribution is 2.32. The van der Waals surface area contributed by atoms with Gasteiger partial charge in [0.05, 0.1) is 12.1 Å². The van der Waals surface area contributed by atoms with Gasteiger partial charge >= 0.3 is 0 Å². The summed E-state index contributed by atoms with van der Waals surface area (Å²) in [6.45, 7) is 4.40. The minimum Gasteiger partial charge on any atom is -0.370 e. The summed E-state index contributed by atoms with van der Waals surface area (Å²) in [4.78, 5) is 8.56. The molecule has 1 atom stereocenters. The molecular formula is C14H21FN4. The van der Waals surface area contributed by atoms with Crippen molar-refractivity contribution < 1.29 is 4.39 Å². The Bertz CT molecular complexity index is 469. The number of rotatable bonds is 4. The molecule has 0 fully saturated rings. The van der Waals surface area contributed by atoms with Crippen LogP contribution in [0.1, 0.15) is 12.5 Å². The molecule has 104 valence electrons. The normalized spacial score (nSPS) is 23.0. The van der Waals surface area contributed by atoms with Crippen molar-refractivity contribution >= 4 is 5.96 Å². The van der Waals surface area contributed by atoms with Crippen molar-refractivity contribution in [3.8, 4) is 0 Å². The molecule has 0 spiro atoms. The number of likely N-dealkylation sites (N-methyl/N-ethyl adjacent to an activating group) is 1. The summed E-state index contributed by atoms with van der Waals surface area (Å²) >= 11 is 0. The zero-order valence-corrected chi connectivity index (χ0v) is 11.7. The van der Waals surface area contributed by atoms with Crippen LogP contribution >= 0.6 is 0 Å². The van der Waals surface area contributed by atoms with Crippen molar-refractivity contribution in [3.63, 3.8) is 0 Å². The molecule has 0 saturated heterocycles. The van der Waals surface area contributed by atoms with Crippen molar-refractivity contribution in [2.45, 2.75) is 12.5 Å². The average molecular weight is 264 g/mol. The van der Waals surface area contributed by atoms with Gasteiger partial charge in [0.25, 0.3) is 0 Å². The molecule has 0 aromatic heterocycles. The summed E-state index contributed by atoms with van der Waals surface area (Å²) < 4.78 is 13.1. The number of guanidine groups is 1. The molecule has 1 aliphatic heterocycles. The topological polar surface area (TPSA) is 44.9 Å². The summed E-state index contributed by atoms with van der Waals surface area (Å²) in [6.07, 6.45) is 0. The Balaban J connectivity index is 2.23. The Morgan fingerprint density at radius 1 is 1.37 bits per heavy atom. The molecule has 1 unspecified atom stereocenters. The largest absolute Gasteiger partial charge is 0.370 e. The molecule has 0 aliphatic carbocycles. The van der Waals surface area contributed by atoms with E-state index in [9.17, 15) is 4.39 Å². The van der Waals surface area contributed by atoms with E-state index in [1.807, 2.05) is 26.2 Å². The van der Waals surface area contributed by atoms with Crippen LogP contribution in [0.4, 0.5) is 4.39 Å². The fourth-order valence-corrected chi connectivity index (χ4v) is 2.38. The number of hydrogen-bond acceptors (Lipinski definition) is 4. The van der Waals surface area contributed by atoms with Gasteiger partial charge in [0.15, 0.2) is 5.96 Å². The molecule has 0 amide bonds. The number of nitrogens with two attached hydrogens (primary N) is 1. The van der Waals surface area contributed by atoms with Crippen molar-refractivity contribution in [3.05, 3.63) is 35.6 Å². The predicted octanol–water partition coefficient (Wildman–Crippen LogP) is 1.23. The van der Waals surface area contributed by atoms with E-state index in [1.165, 1.54) is 12.1 Å². The number of benzene rings is 1. The number of nitrogens with zero attached hydrogens (tertiary/aromatic N) is 3. The maximum absolute atomic E-state index is 13.1. The Morgan fingerprint density at radius 2 is 2.00 bits per heavy atom. The quantitative estimate of drug-likeness (QED) is 0.889. The highest BCUT2D eigenvalue weighted by atomic mass is 19.1. The molecule has 2 rings (SSSR count). The van der Waals surface area contributed by atoms with E-state index in [-0.39, 0.29) is 11.4 Å². The number of halogens is 1. The molecule has 1 aromatic carbocycles. The summed E-state index contributed by atoms with van der Waals surface area (Å²) in [5.74, 6) is 0.341. The molecule has 19 heavy (non-hydrogen) atoms. The lowest BCUT2D eigenvalue weighted by atomic mass is 9.91. The van der Waals surface area contributed by atoms with E-state index in [4.69, 9.17) is 5.73 Å². The first-order valence-electron chi connectivity index (χ1n) is 6.42. The Labute approximate surface area is 113 Å². The van der Waals surface area contributed by atoms with Crippen LogP contribution in [0.25, 0.3) is 0 Å². The van der Waals surface area contributed by atoms with Gasteiger partial charge in [-0.2, -0.15) is 0 Å². The molecule has 1 aliphatic rings. The van der Waals surface area contributed by atoms with E-state index >= 15 is 0 Å². The van der Waals surface area contributed by atoms with Crippen molar-refractivity contribution in [2.75, 3.05) is 33.7 Å². The van der Waals surface area contributed by atoms with Crippen LogP contribution in [0.3, 0.4) is 0 Å². The Hall–Kier alpha value is -1.62. The van der Waals surface area contributed by atoms with Crippen molar-refractivity contribution in [1.82, 2.24) is 9.80 Å². The summed E-state index contributed by atoms with van der Waals surface area (Å²) in [5.41, 5.74) is 6.75. The van der Waals surface area contributed by atoms with E-state index in [0.717, 1.165) is 18.7 Å². The predicted molar refractivity (Wildman–Crippen MR) is 75.5 cm³/mol. The maximum Gasteiger partial charge on any atom is 0.192 e. The Kier molecular flexibility index (Phi) is 3.75. The van der Waals surface area contributed by atoms with E-state index in [1.54, 1.807) is 0 Å². The SMILES string of the molecule is CN(C)CCN1C(N)=NCC1(C)c1ccc(F)cc1. The van der Waals surface area contributed by atoms with Gasteiger partial charge in [-0.3, -0.25) is 4.99 Å². The summed E-state index contributed by atoms with van der Waals surface area (Å²) in [7, 11) is 4.05. The summed E-state index contributed by atoms with van der Waals surface area (Å²) in [6, 6.07) is 6.59. The van der Waals surface area contributed by atoms with Crippen LogP contribution in [-0.2, 0) is 5.54 Å². The molecule has 2 N–H and O–H groups in total. The lowest BCUT2D eigenvalue weighted by Gasteiger charge is -2.37. The van der Waals surface area contributed by atoms with Gasteiger partial charge in [-0.15, -0.1) is 0 Å². The van der Waals surface area contributed by atoms with E-state index < -0.39 is 0 Å². The minimum atomic E-state index is -0.284. The lowest BCUT2D eigenvalue weighted by Crippen LogP contribution is -2.49. The van der Waals surface area contributed by atoms with Crippen LogP contribution in [0.15, 0.2) is 29.3 Å². The molecule has 5 heteroatoms. The first-order chi connectivity index (χ1) is 8.93.